The van der Waals surface area contributed by atoms with E-state index in [2.05, 4.69) is 33.1 Å². The van der Waals surface area contributed by atoms with Crippen LogP contribution < -0.4 is 11.1 Å². The summed E-state index contributed by atoms with van der Waals surface area (Å²) in [6, 6.07) is 5.15. The summed E-state index contributed by atoms with van der Waals surface area (Å²) in [5, 5.41) is 15.6. The number of rotatable bonds is 3. The summed E-state index contributed by atoms with van der Waals surface area (Å²) >= 11 is 8.04. The second-order valence-electron chi connectivity index (χ2n) is 5.21. The number of benzene rings is 1. The fraction of sp³-hybridized carbons (Fsp3) is 0.429. The Kier molecular flexibility index (Phi) is 5.32. The SMILES string of the molecule is N/C(=N/O)C1(NC(=O)c2cc(Cl)ccc2I)CCCCC1. The van der Waals surface area contributed by atoms with E-state index in [0.29, 0.717) is 23.4 Å². The van der Waals surface area contributed by atoms with E-state index >= 15 is 0 Å². The highest BCUT2D eigenvalue weighted by Crippen LogP contribution is 2.29. The Morgan fingerprint density at radius 1 is 1.38 bits per heavy atom. The van der Waals surface area contributed by atoms with Gasteiger partial charge in [-0.05, 0) is 53.6 Å². The number of nitrogens with zero attached hydrogens (tertiary/aromatic N) is 1. The Balaban J connectivity index is 2.28. The van der Waals surface area contributed by atoms with Crippen LogP contribution in [0.2, 0.25) is 5.02 Å². The average molecular weight is 422 g/mol. The van der Waals surface area contributed by atoms with Crippen LogP contribution in [0, 0.1) is 3.57 Å². The van der Waals surface area contributed by atoms with E-state index in [0.717, 1.165) is 22.8 Å². The summed E-state index contributed by atoms with van der Waals surface area (Å²) in [7, 11) is 0. The van der Waals surface area contributed by atoms with E-state index in [9.17, 15) is 4.79 Å². The molecule has 0 atom stereocenters. The van der Waals surface area contributed by atoms with Crippen molar-refractivity contribution in [2.75, 3.05) is 0 Å². The van der Waals surface area contributed by atoms with Gasteiger partial charge in [-0.25, -0.2) is 0 Å². The first kappa shape index (κ1) is 16.4. The van der Waals surface area contributed by atoms with Crippen LogP contribution in [0.3, 0.4) is 0 Å². The standard InChI is InChI=1S/C14H17ClIN3O2/c15-9-4-5-11(16)10(8-9)12(20)18-14(13(17)19-21)6-2-1-3-7-14/h4-5,8,21H,1-3,6-7H2,(H2,17,19)(H,18,20). The van der Waals surface area contributed by atoms with Gasteiger partial charge in [-0.1, -0.05) is 36.0 Å². The predicted octanol–water partition coefficient (Wildman–Crippen LogP) is 3.12. The van der Waals surface area contributed by atoms with Crippen molar-refractivity contribution in [3.63, 3.8) is 0 Å². The van der Waals surface area contributed by atoms with Crippen molar-refractivity contribution in [3.8, 4) is 0 Å². The first-order valence-corrected chi connectivity index (χ1v) is 8.20. The summed E-state index contributed by atoms with van der Waals surface area (Å²) < 4.78 is 0.806. The molecular formula is C14H17ClIN3O2. The number of hydrogen-bond donors (Lipinski definition) is 3. The van der Waals surface area contributed by atoms with Gasteiger partial charge in [0, 0.05) is 8.59 Å². The summed E-state index contributed by atoms with van der Waals surface area (Å²) in [5.74, 6) is -0.192. The Bertz CT molecular complexity index is 571. The fourth-order valence-electron chi connectivity index (χ4n) is 2.65. The summed E-state index contributed by atoms with van der Waals surface area (Å²) in [6.07, 6.45) is 4.30. The van der Waals surface area contributed by atoms with Crippen LogP contribution in [0.15, 0.2) is 23.4 Å². The number of carbonyl (C=O) groups excluding carboxylic acids is 1. The zero-order chi connectivity index (χ0) is 15.5. The van der Waals surface area contributed by atoms with Gasteiger partial charge >= 0.3 is 0 Å². The van der Waals surface area contributed by atoms with Crippen molar-refractivity contribution in [1.29, 1.82) is 0 Å². The minimum Gasteiger partial charge on any atom is -0.409 e. The number of amidine groups is 1. The molecule has 21 heavy (non-hydrogen) atoms. The molecule has 0 aromatic heterocycles. The molecule has 4 N–H and O–H groups in total. The molecule has 0 radical (unpaired) electrons. The Labute approximate surface area is 142 Å². The molecule has 0 bridgehead atoms. The first-order valence-electron chi connectivity index (χ1n) is 6.74. The van der Waals surface area contributed by atoms with Crippen LogP contribution in [0.4, 0.5) is 0 Å². The minimum atomic E-state index is -0.768. The average Bonchev–Trinajstić information content (AvgIpc) is 2.49. The highest BCUT2D eigenvalue weighted by Gasteiger charge is 2.38. The van der Waals surface area contributed by atoms with Crippen LogP contribution in [-0.4, -0.2) is 22.5 Å². The largest absolute Gasteiger partial charge is 0.409 e. The molecule has 1 aromatic carbocycles. The van der Waals surface area contributed by atoms with Crippen molar-refractivity contribution in [1.82, 2.24) is 5.32 Å². The van der Waals surface area contributed by atoms with Gasteiger partial charge in [0.15, 0.2) is 5.84 Å². The lowest BCUT2D eigenvalue weighted by Gasteiger charge is -2.36. The number of oxime groups is 1. The van der Waals surface area contributed by atoms with E-state index in [1.807, 2.05) is 0 Å². The van der Waals surface area contributed by atoms with Gasteiger partial charge in [0.25, 0.3) is 5.91 Å². The fourth-order valence-corrected chi connectivity index (χ4v) is 3.40. The van der Waals surface area contributed by atoms with E-state index in [1.165, 1.54) is 0 Å². The van der Waals surface area contributed by atoms with Crippen molar-refractivity contribution >= 4 is 45.9 Å². The van der Waals surface area contributed by atoms with Crippen LogP contribution in [0.25, 0.3) is 0 Å². The molecular weight excluding hydrogens is 405 g/mol. The zero-order valence-corrected chi connectivity index (χ0v) is 14.3. The van der Waals surface area contributed by atoms with Gasteiger partial charge in [0.1, 0.15) is 5.54 Å². The molecule has 0 spiro atoms. The van der Waals surface area contributed by atoms with E-state index in [4.69, 9.17) is 22.5 Å². The van der Waals surface area contributed by atoms with Gasteiger partial charge in [-0.2, -0.15) is 0 Å². The van der Waals surface area contributed by atoms with Crippen molar-refractivity contribution in [2.24, 2.45) is 10.9 Å². The van der Waals surface area contributed by atoms with Gasteiger partial charge in [-0.15, -0.1) is 0 Å². The number of carbonyl (C=O) groups is 1. The number of hydrogen-bond acceptors (Lipinski definition) is 3. The normalized spacial score (nSPS) is 18.3. The maximum atomic E-state index is 12.5. The van der Waals surface area contributed by atoms with Crippen LogP contribution in [0.5, 0.6) is 0 Å². The lowest BCUT2D eigenvalue weighted by atomic mass is 9.80. The molecule has 2 rings (SSSR count). The van der Waals surface area contributed by atoms with Crippen LogP contribution in [0.1, 0.15) is 42.5 Å². The molecule has 5 nitrogen and oxygen atoms in total. The number of amides is 1. The highest BCUT2D eigenvalue weighted by atomic mass is 127. The molecule has 0 saturated heterocycles. The Hall–Kier alpha value is -1.02. The lowest BCUT2D eigenvalue weighted by Crippen LogP contribution is -2.58. The summed E-state index contributed by atoms with van der Waals surface area (Å²) in [4.78, 5) is 12.5. The number of nitrogens with two attached hydrogens (primary N) is 1. The van der Waals surface area contributed by atoms with Crippen LogP contribution >= 0.6 is 34.2 Å². The van der Waals surface area contributed by atoms with E-state index in [-0.39, 0.29) is 11.7 Å². The van der Waals surface area contributed by atoms with Gasteiger partial charge in [-0.3, -0.25) is 4.79 Å². The summed E-state index contributed by atoms with van der Waals surface area (Å²) in [5.41, 5.74) is 5.56. The quantitative estimate of drug-likeness (QED) is 0.230. The molecule has 0 aliphatic heterocycles. The summed E-state index contributed by atoms with van der Waals surface area (Å²) in [6.45, 7) is 0. The minimum absolute atomic E-state index is 0.0626. The molecule has 114 valence electrons. The predicted molar refractivity (Wildman–Crippen MR) is 90.9 cm³/mol. The molecule has 0 unspecified atom stereocenters. The third kappa shape index (κ3) is 3.60. The third-order valence-electron chi connectivity index (χ3n) is 3.83. The van der Waals surface area contributed by atoms with Gasteiger partial charge in [0.2, 0.25) is 0 Å². The van der Waals surface area contributed by atoms with E-state index < -0.39 is 5.54 Å². The molecule has 1 saturated carbocycles. The lowest BCUT2D eigenvalue weighted by molar-refractivity contribution is 0.0905. The first-order chi connectivity index (χ1) is 9.98. The molecule has 0 heterocycles. The van der Waals surface area contributed by atoms with Crippen LogP contribution in [-0.2, 0) is 0 Å². The van der Waals surface area contributed by atoms with Crippen molar-refractivity contribution in [2.45, 2.75) is 37.6 Å². The molecule has 1 amide bonds. The molecule has 7 heteroatoms. The second-order valence-corrected chi connectivity index (χ2v) is 6.80. The molecule has 1 aliphatic carbocycles. The highest BCUT2D eigenvalue weighted by molar-refractivity contribution is 14.1. The van der Waals surface area contributed by atoms with Crippen molar-refractivity contribution < 1.29 is 10.0 Å². The number of nitrogens with one attached hydrogen (secondary N) is 1. The smallest absolute Gasteiger partial charge is 0.253 e. The second kappa shape index (κ2) is 6.83. The zero-order valence-electron chi connectivity index (χ0n) is 11.4. The topological polar surface area (TPSA) is 87.7 Å². The molecule has 1 fully saturated rings. The monoisotopic (exact) mass is 421 g/mol. The Morgan fingerprint density at radius 2 is 2.05 bits per heavy atom. The molecule has 1 aliphatic rings. The Morgan fingerprint density at radius 3 is 2.67 bits per heavy atom. The third-order valence-corrected chi connectivity index (χ3v) is 5.01. The molecule has 1 aromatic rings. The van der Waals surface area contributed by atoms with Gasteiger partial charge < -0.3 is 16.3 Å². The van der Waals surface area contributed by atoms with Crippen molar-refractivity contribution in [3.05, 3.63) is 32.4 Å². The number of halogens is 2. The maximum Gasteiger partial charge on any atom is 0.253 e. The maximum absolute atomic E-state index is 12.5. The van der Waals surface area contributed by atoms with E-state index in [1.54, 1.807) is 18.2 Å². The van der Waals surface area contributed by atoms with Gasteiger partial charge in [0.05, 0.1) is 5.56 Å².